The molecule has 4 rings (SSSR count). The number of nitrogens with one attached hydrogen (secondary N) is 1. The minimum Gasteiger partial charge on any atom is -0.463 e. The molecule has 3 aromatic rings. The summed E-state index contributed by atoms with van der Waals surface area (Å²) in [6.07, 6.45) is 3.43. The zero-order chi connectivity index (χ0) is 16.5. The molecule has 1 amide bonds. The summed E-state index contributed by atoms with van der Waals surface area (Å²) in [7, 11) is 0. The van der Waals surface area contributed by atoms with E-state index in [0.717, 1.165) is 18.4 Å². The summed E-state index contributed by atoms with van der Waals surface area (Å²) in [6.45, 7) is 0.679. The van der Waals surface area contributed by atoms with E-state index in [1.807, 2.05) is 11.4 Å². The minimum atomic E-state index is -0.384. The fourth-order valence-electron chi connectivity index (χ4n) is 3.19. The van der Waals surface area contributed by atoms with E-state index in [1.54, 1.807) is 46.8 Å². The van der Waals surface area contributed by atoms with Gasteiger partial charge in [-0.2, -0.15) is 11.3 Å². The lowest BCUT2D eigenvalue weighted by atomic mass is 10.1. The second-order valence-electron chi connectivity index (χ2n) is 5.81. The largest absolute Gasteiger partial charge is 0.463 e. The summed E-state index contributed by atoms with van der Waals surface area (Å²) in [5.74, 6) is 0.361. The van der Waals surface area contributed by atoms with Crippen molar-refractivity contribution in [1.82, 2.24) is 9.88 Å². The molecule has 1 aliphatic rings. The number of pyridine rings is 1. The summed E-state index contributed by atoms with van der Waals surface area (Å²) < 4.78 is 5.28. The third kappa shape index (κ3) is 2.59. The molecule has 0 radical (unpaired) electrons. The highest BCUT2D eigenvalue weighted by atomic mass is 32.1. The van der Waals surface area contributed by atoms with Crippen molar-refractivity contribution in [2.45, 2.75) is 18.9 Å². The van der Waals surface area contributed by atoms with Crippen LogP contribution in [-0.2, 0) is 0 Å². The van der Waals surface area contributed by atoms with Crippen LogP contribution in [0.5, 0.6) is 0 Å². The number of furan rings is 1. The molecule has 1 N–H and O–H groups in total. The standard InChI is InChI=1S/C18H16N2O3S/c21-17-13(5-6-14(19-17)16-4-2-9-23-16)18(22)20-8-1-3-15(20)12-7-10-24-11-12/h2,4-7,9-11,15H,1,3,8H2,(H,19,21)/t15-/m0/s1. The Morgan fingerprint density at radius 2 is 2.21 bits per heavy atom. The highest BCUT2D eigenvalue weighted by molar-refractivity contribution is 7.08. The molecule has 0 aromatic carbocycles. The fourth-order valence-corrected chi connectivity index (χ4v) is 3.90. The average molecular weight is 340 g/mol. The van der Waals surface area contributed by atoms with E-state index < -0.39 is 0 Å². The molecule has 0 spiro atoms. The maximum absolute atomic E-state index is 12.9. The number of nitrogens with zero attached hydrogens (tertiary/aromatic N) is 1. The Hall–Kier alpha value is -2.60. The van der Waals surface area contributed by atoms with E-state index in [9.17, 15) is 9.59 Å². The summed E-state index contributed by atoms with van der Waals surface area (Å²) >= 11 is 1.62. The van der Waals surface area contributed by atoms with Gasteiger partial charge in [-0.05, 0) is 59.5 Å². The first-order valence-electron chi connectivity index (χ1n) is 7.84. The van der Waals surface area contributed by atoms with Crippen LogP contribution in [0.4, 0.5) is 0 Å². The van der Waals surface area contributed by atoms with Crippen LogP contribution < -0.4 is 5.56 Å². The molecule has 1 atom stereocenters. The van der Waals surface area contributed by atoms with Gasteiger partial charge < -0.3 is 14.3 Å². The third-order valence-corrected chi connectivity index (χ3v) is 5.07. The first-order valence-corrected chi connectivity index (χ1v) is 8.78. The van der Waals surface area contributed by atoms with E-state index >= 15 is 0 Å². The molecule has 4 heterocycles. The van der Waals surface area contributed by atoms with Gasteiger partial charge in [0.05, 0.1) is 18.0 Å². The first-order chi connectivity index (χ1) is 11.7. The number of amides is 1. The number of likely N-dealkylation sites (tertiary alicyclic amines) is 1. The Morgan fingerprint density at radius 1 is 1.29 bits per heavy atom. The first kappa shape index (κ1) is 15.0. The van der Waals surface area contributed by atoms with Crippen LogP contribution in [0, 0.1) is 0 Å². The Morgan fingerprint density at radius 3 is 2.92 bits per heavy atom. The maximum atomic E-state index is 12.9. The van der Waals surface area contributed by atoms with Gasteiger partial charge in [0, 0.05) is 6.54 Å². The zero-order valence-electron chi connectivity index (χ0n) is 12.9. The number of rotatable bonds is 3. The Bertz CT molecular complexity index is 897. The van der Waals surface area contributed by atoms with Gasteiger partial charge in [0.1, 0.15) is 11.3 Å². The number of thiophene rings is 1. The van der Waals surface area contributed by atoms with Gasteiger partial charge in [0.25, 0.3) is 11.5 Å². The third-order valence-electron chi connectivity index (χ3n) is 4.37. The van der Waals surface area contributed by atoms with Crippen molar-refractivity contribution in [2.24, 2.45) is 0 Å². The van der Waals surface area contributed by atoms with Crippen LogP contribution in [0.25, 0.3) is 11.5 Å². The van der Waals surface area contributed by atoms with Gasteiger partial charge >= 0.3 is 0 Å². The molecule has 122 valence electrons. The molecule has 24 heavy (non-hydrogen) atoms. The quantitative estimate of drug-likeness (QED) is 0.791. The second-order valence-corrected chi connectivity index (χ2v) is 6.59. The Balaban J connectivity index is 1.64. The molecular formula is C18H16N2O3S. The van der Waals surface area contributed by atoms with Crippen LogP contribution in [-0.4, -0.2) is 22.3 Å². The van der Waals surface area contributed by atoms with Gasteiger partial charge in [-0.3, -0.25) is 9.59 Å². The molecule has 0 unspecified atom stereocenters. The minimum absolute atomic E-state index is 0.0629. The number of H-pyrrole nitrogens is 1. The molecule has 1 aliphatic heterocycles. The van der Waals surface area contributed by atoms with Crippen LogP contribution in [0.2, 0.25) is 0 Å². The molecule has 0 bridgehead atoms. The van der Waals surface area contributed by atoms with Gasteiger partial charge in [0.15, 0.2) is 0 Å². The van der Waals surface area contributed by atoms with Gasteiger partial charge in [0.2, 0.25) is 0 Å². The number of hydrogen-bond acceptors (Lipinski definition) is 4. The number of carbonyl (C=O) groups is 1. The lowest BCUT2D eigenvalue weighted by Crippen LogP contribution is -2.34. The Kier molecular flexibility index (Phi) is 3.82. The lowest BCUT2D eigenvalue weighted by Gasteiger charge is -2.24. The smallest absolute Gasteiger partial charge is 0.261 e. The summed E-state index contributed by atoms with van der Waals surface area (Å²) in [6, 6.07) is 8.92. The molecule has 0 aliphatic carbocycles. The van der Waals surface area contributed by atoms with Crippen LogP contribution in [0.1, 0.15) is 34.8 Å². The average Bonchev–Trinajstić information content (AvgIpc) is 3.35. The van der Waals surface area contributed by atoms with Crippen molar-refractivity contribution in [2.75, 3.05) is 6.54 Å². The maximum Gasteiger partial charge on any atom is 0.261 e. The number of aromatic nitrogens is 1. The van der Waals surface area contributed by atoms with Gasteiger partial charge in [-0.1, -0.05) is 0 Å². The molecule has 0 saturated carbocycles. The van der Waals surface area contributed by atoms with Gasteiger partial charge in [-0.25, -0.2) is 0 Å². The zero-order valence-corrected chi connectivity index (χ0v) is 13.7. The topological polar surface area (TPSA) is 66.3 Å². The van der Waals surface area contributed by atoms with E-state index in [4.69, 9.17) is 4.42 Å². The molecule has 1 fully saturated rings. The van der Waals surface area contributed by atoms with Gasteiger partial charge in [-0.15, -0.1) is 0 Å². The van der Waals surface area contributed by atoms with Crippen molar-refractivity contribution in [3.63, 3.8) is 0 Å². The predicted molar refractivity (Wildman–Crippen MR) is 92.1 cm³/mol. The van der Waals surface area contributed by atoms with Crippen LogP contribution in [0.15, 0.2) is 56.6 Å². The van der Waals surface area contributed by atoms with Crippen LogP contribution >= 0.6 is 11.3 Å². The van der Waals surface area contributed by atoms with Crippen molar-refractivity contribution < 1.29 is 9.21 Å². The molecule has 3 aromatic heterocycles. The van der Waals surface area contributed by atoms with E-state index in [2.05, 4.69) is 10.4 Å². The SMILES string of the molecule is O=C(c1ccc(-c2ccco2)[nH]c1=O)N1CCC[C@H]1c1ccsc1. The number of carbonyl (C=O) groups excluding carboxylic acids is 1. The van der Waals surface area contributed by atoms with Crippen molar-refractivity contribution in [1.29, 1.82) is 0 Å². The molecule has 5 nitrogen and oxygen atoms in total. The van der Waals surface area contributed by atoms with Crippen molar-refractivity contribution in [3.8, 4) is 11.5 Å². The van der Waals surface area contributed by atoms with Crippen molar-refractivity contribution >= 4 is 17.2 Å². The normalized spacial score (nSPS) is 17.3. The van der Waals surface area contributed by atoms with E-state index in [0.29, 0.717) is 18.0 Å². The van der Waals surface area contributed by atoms with E-state index in [1.165, 1.54) is 0 Å². The fraction of sp³-hybridized carbons (Fsp3) is 0.222. The number of hydrogen-bond donors (Lipinski definition) is 1. The highest BCUT2D eigenvalue weighted by Crippen LogP contribution is 2.33. The Labute approximate surface area is 142 Å². The monoisotopic (exact) mass is 340 g/mol. The summed E-state index contributed by atoms with van der Waals surface area (Å²) in [5, 5.41) is 4.09. The second kappa shape index (κ2) is 6.13. The van der Waals surface area contributed by atoms with E-state index in [-0.39, 0.29) is 23.1 Å². The highest BCUT2D eigenvalue weighted by Gasteiger charge is 2.31. The van der Waals surface area contributed by atoms with Crippen molar-refractivity contribution in [3.05, 3.63) is 68.8 Å². The predicted octanol–water partition coefficient (Wildman–Crippen LogP) is 3.67. The molecular weight excluding hydrogens is 324 g/mol. The lowest BCUT2D eigenvalue weighted by molar-refractivity contribution is 0.0734. The van der Waals surface area contributed by atoms with Crippen LogP contribution in [0.3, 0.4) is 0 Å². The molecule has 6 heteroatoms. The summed E-state index contributed by atoms with van der Waals surface area (Å²) in [5.41, 5.74) is 1.50. The summed E-state index contributed by atoms with van der Waals surface area (Å²) in [4.78, 5) is 29.8. The molecule has 1 saturated heterocycles. The number of aromatic amines is 1.